The van der Waals surface area contributed by atoms with Gasteiger partial charge in [-0.3, -0.25) is 4.79 Å². The SMILES string of the molecule is CCOc1ccc(C(=O)c2sccc2CC)c(Br)c1. The van der Waals surface area contributed by atoms with Crippen LogP contribution < -0.4 is 4.74 Å². The van der Waals surface area contributed by atoms with Crippen LogP contribution in [-0.4, -0.2) is 12.4 Å². The van der Waals surface area contributed by atoms with Gasteiger partial charge in [0.15, 0.2) is 0 Å². The zero-order valence-corrected chi connectivity index (χ0v) is 13.3. The normalized spacial score (nSPS) is 10.5. The highest BCUT2D eigenvalue weighted by Crippen LogP contribution is 2.28. The molecule has 1 aromatic heterocycles. The molecule has 0 atom stereocenters. The zero-order chi connectivity index (χ0) is 13.8. The van der Waals surface area contributed by atoms with Crippen molar-refractivity contribution in [3.8, 4) is 5.75 Å². The number of thiophene rings is 1. The van der Waals surface area contributed by atoms with Crippen molar-refractivity contribution in [2.24, 2.45) is 0 Å². The number of halogens is 1. The molecule has 0 aliphatic rings. The largest absolute Gasteiger partial charge is 0.494 e. The fourth-order valence-corrected chi connectivity index (χ4v) is 3.36. The van der Waals surface area contributed by atoms with Crippen LogP contribution in [-0.2, 0) is 6.42 Å². The second-order valence-electron chi connectivity index (χ2n) is 4.03. The number of rotatable bonds is 5. The summed E-state index contributed by atoms with van der Waals surface area (Å²) in [5, 5.41) is 1.97. The molecule has 2 nitrogen and oxygen atoms in total. The van der Waals surface area contributed by atoms with Gasteiger partial charge in [-0.2, -0.15) is 0 Å². The Hall–Kier alpha value is -1.13. The lowest BCUT2D eigenvalue weighted by Crippen LogP contribution is -2.03. The summed E-state index contributed by atoms with van der Waals surface area (Å²) in [5.74, 6) is 0.842. The molecule has 0 fully saturated rings. The Kier molecular flexibility index (Phi) is 4.77. The Balaban J connectivity index is 2.34. The fraction of sp³-hybridized carbons (Fsp3) is 0.267. The number of ketones is 1. The summed E-state index contributed by atoms with van der Waals surface area (Å²) in [7, 11) is 0. The first-order chi connectivity index (χ1) is 9.17. The standard InChI is InChI=1S/C15H15BrO2S/c1-3-10-7-8-19-15(10)14(17)12-6-5-11(18-4-2)9-13(12)16/h5-9H,3-4H2,1-2H3. The minimum absolute atomic E-state index is 0.0711. The lowest BCUT2D eigenvalue weighted by atomic mass is 10.1. The highest BCUT2D eigenvalue weighted by molar-refractivity contribution is 9.10. The van der Waals surface area contributed by atoms with Crippen molar-refractivity contribution < 1.29 is 9.53 Å². The summed E-state index contributed by atoms with van der Waals surface area (Å²) in [4.78, 5) is 13.3. The van der Waals surface area contributed by atoms with Gasteiger partial charge >= 0.3 is 0 Å². The van der Waals surface area contributed by atoms with Crippen LogP contribution in [0.3, 0.4) is 0 Å². The topological polar surface area (TPSA) is 26.3 Å². The number of hydrogen-bond donors (Lipinski definition) is 0. The summed E-state index contributed by atoms with van der Waals surface area (Å²) in [6, 6.07) is 7.51. The molecular weight excluding hydrogens is 324 g/mol. The van der Waals surface area contributed by atoms with Crippen molar-refractivity contribution in [2.45, 2.75) is 20.3 Å². The number of hydrogen-bond acceptors (Lipinski definition) is 3. The quantitative estimate of drug-likeness (QED) is 0.738. The molecule has 0 N–H and O–H groups in total. The van der Waals surface area contributed by atoms with Crippen molar-refractivity contribution in [3.63, 3.8) is 0 Å². The highest BCUT2D eigenvalue weighted by atomic mass is 79.9. The molecule has 2 aromatic rings. The van der Waals surface area contributed by atoms with Gasteiger partial charge in [-0.05, 0) is 64.5 Å². The molecule has 0 saturated heterocycles. The van der Waals surface area contributed by atoms with Gasteiger partial charge in [0.2, 0.25) is 5.78 Å². The summed E-state index contributed by atoms with van der Waals surface area (Å²) in [6.07, 6.45) is 0.874. The molecule has 100 valence electrons. The van der Waals surface area contributed by atoms with Crippen molar-refractivity contribution in [2.75, 3.05) is 6.61 Å². The third kappa shape index (κ3) is 3.07. The minimum Gasteiger partial charge on any atom is -0.494 e. The second kappa shape index (κ2) is 6.35. The van der Waals surface area contributed by atoms with E-state index in [2.05, 4.69) is 22.9 Å². The van der Waals surface area contributed by atoms with Gasteiger partial charge in [0.05, 0.1) is 11.5 Å². The zero-order valence-electron chi connectivity index (χ0n) is 10.9. The van der Waals surface area contributed by atoms with Gasteiger partial charge in [0.1, 0.15) is 5.75 Å². The van der Waals surface area contributed by atoms with E-state index in [9.17, 15) is 4.79 Å². The first kappa shape index (κ1) is 14.3. The van der Waals surface area contributed by atoms with Crippen molar-refractivity contribution >= 4 is 33.0 Å². The summed E-state index contributed by atoms with van der Waals surface area (Å²) in [6.45, 7) is 4.61. The average Bonchev–Trinajstić information content (AvgIpc) is 2.87. The maximum Gasteiger partial charge on any atom is 0.204 e. The molecule has 4 heteroatoms. The summed E-state index contributed by atoms with van der Waals surface area (Å²) >= 11 is 4.95. The molecule has 0 spiro atoms. The minimum atomic E-state index is 0.0711. The van der Waals surface area contributed by atoms with Gasteiger partial charge < -0.3 is 4.74 Å². The summed E-state index contributed by atoms with van der Waals surface area (Å²) in [5.41, 5.74) is 1.79. The second-order valence-corrected chi connectivity index (χ2v) is 5.80. The Bertz CT molecular complexity index is 590. The Morgan fingerprint density at radius 3 is 2.74 bits per heavy atom. The van der Waals surface area contributed by atoms with Crippen molar-refractivity contribution in [1.82, 2.24) is 0 Å². The number of carbonyl (C=O) groups is 1. The van der Waals surface area contributed by atoms with Gasteiger partial charge in [-0.15, -0.1) is 11.3 Å². The molecule has 0 amide bonds. The highest BCUT2D eigenvalue weighted by Gasteiger charge is 2.17. The molecule has 0 unspecified atom stereocenters. The van der Waals surface area contributed by atoms with Gasteiger partial charge in [-0.25, -0.2) is 0 Å². The summed E-state index contributed by atoms with van der Waals surface area (Å²) < 4.78 is 6.20. The van der Waals surface area contributed by atoms with Crippen LogP contribution in [0.1, 0.15) is 34.6 Å². The van der Waals surface area contributed by atoms with Gasteiger partial charge in [0.25, 0.3) is 0 Å². The van der Waals surface area contributed by atoms with E-state index in [1.807, 2.05) is 36.6 Å². The number of carbonyl (C=O) groups excluding carboxylic acids is 1. The Labute approximate surface area is 125 Å². The number of benzene rings is 1. The van der Waals surface area contributed by atoms with Crippen LogP contribution in [0, 0.1) is 0 Å². The first-order valence-corrected chi connectivity index (χ1v) is 7.88. The van der Waals surface area contributed by atoms with Gasteiger partial charge in [-0.1, -0.05) is 6.92 Å². The van der Waals surface area contributed by atoms with Crippen LogP contribution in [0.4, 0.5) is 0 Å². The molecule has 0 radical (unpaired) electrons. The molecule has 19 heavy (non-hydrogen) atoms. The predicted molar refractivity (Wildman–Crippen MR) is 82.4 cm³/mol. The average molecular weight is 339 g/mol. The number of ether oxygens (including phenoxy) is 1. The Morgan fingerprint density at radius 2 is 2.11 bits per heavy atom. The van der Waals surface area contributed by atoms with Crippen LogP contribution in [0.15, 0.2) is 34.1 Å². The third-order valence-electron chi connectivity index (χ3n) is 2.83. The molecule has 1 heterocycles. The fourth-order valence-electron chi connectivity index (χ4n) is 1.87. The molecular formula is C15H15BrO2S. The molecule has 0 saturated carbocycles. The number of aryl methyl sites for hydroxylation is 1. The predicted octanol–water partition coefficient (Wildman–Crippen LogP) is 4.70. The lowest BCUT2D eigenvalue weighted by molar-refractivity contribution is 0.104. The third-order valence-corrected chi connectivity index (χ3v) is 4.44. The van der Waals surface area contributed by atoms with E-state index in [1.54, 1.807) is 0 Å². The van der Waals surface area contributed by atoms with E-state index >= 15 is 0 Å². The van der Waals surface area contributed by atoms with Crippen molar-refractivity contribution in [3.05, 3.63) is 50.1 Å². The van der Waals surface area contributed by atoms with E-state index in [0.717, 1.165) is 27.1 Å². The molecule has 0 aliphatic carbocycles. The lowest BCUT2D eigenvalue weighted by Gasteiger charge is -2.07. The molecule has 2 rings (SSSR count). The molecule has 1 aromatic carbocycles. The maximum atomic E-state index is 12.5. The van der Waals surface area contributed by atoms with Crippen LogP contribution >= 0.6 is 27.3 Å². The Morgan fingerprint density at radius 1 is 1.32 bits per heavy atom. The van der Waals surface area contributed by atoms with Crippen LogP contribution in [0.5, 0.6) is 5.75 Å². The molecule has 0 aliphatic heterocycles. The smallest absolute Gasteiger partial charge is 0.204 e. The first-order valence-electron chi connectivity index (χ1n) is 6.20. The van der Waals surface area contributed by atoms with Crippen LogP contribution in [0.25, 0.3) is 0 Å². The van der Waals surface area contributed by atoms with E-state index in [0.29, 0.717) is 12.2 Å². The van der Waals surface area contributed by atoms with E-state index < -0.39 is 0 Å². The van der Waals surface area contributed by atoms with Crippen LogP contribution in [0.2, 0.25) is 0 Å². The van der Waals surface area contributed by atoms with E-state index in [4.69, 9.17) is 4.74 Å². The molecule has 0 bridgehead atoms. The maximum absolute atomic E-state index is 12.5. The van der Waals surface area contributed by atoms with E-state index in [1.165, 1.54) is 11.3 Å². The van der Waals surface area contributed by atoms with Crippen molar-refractivity contribution in [1.29, 1.82) is 0 Å². The monoisotopic (exact) mass is 338 g/mol. The van der Waals surface area contributed by atoms with E-state index in [-0.39, 0.29) is 5.78 Å². The van der Waals surface area contributed by atoms with Gasteiger partial charge in [0, 0.05) is 10.0 Å².